The fourth-order valence-electron chi connectivity index (χ4n) is 5.03. The van der Waals surface area contributed by atoms with Crippen LogP contribution in [-0.4, -0.2) is 40.0 Å². The Morgan fingerprint density at radius 1 is 1.05 bits per heavy atom. The Morgan fingerprint density at radius 2 is 1.86 bits per heavy atom. The maximum atomic E-state index is 13.6. The van der Waals surface area contributed by atoms with Gasteiger partial charge in [-0.05, 0) is 66.3 Å². The SMILES string of the molecule is COc1cc2c(c3c(C)cccc13)CCN2C(=O)c1cn2cc(NC(=O)c3ccc(O)cc3)ccc2n1. The zero-order valence-corrected chi connectivity index (χ0v) is 20.4. The molecule has 1 aliphatic rings. The Balaban J connectivity index is 1.30. The van der Waals surface area contributed by atoms with Crippen molar-refractivity contribution in [2.24, 2.45) is 0 Å². The van der Waals surface area contributed by atoms with Crippen LogP contribution in [-0.2, 0) is 6.42 Å². The Labute approximate surface area is 212 Å². The Kier molecular flexibility index (Phi) is 5.30. The average Bonchev–Trinajstić information content (AvgIpc) is 3.52. The maximum Gasteiger partial charge on any atom is 0.278 e. The standard InChI is InChI=1S/C29H24N4O4/c1-17-4-3-5-22-25(37-2)14-24-21(27(17)22)12-13-33(24)29(36)23-16-32-15-19(8-11-26(32)31-23)30-28(35)18-6-9-20(34)10-7-18/h3-11,14-16,34H,12-13H2,1-2H3,(H,30,35). The van der Waals surface area contributed by atoms with Crippen molar-refractivity contribution in [3.8, 4) is 11.5 Å². The van der Waals surface area contributed by atoms with Crippen molar-refractivity contribution in [3.05, 3.63) is 95.4 Å². The summed E-state index contributed by atoms with van der Waals surface area (Å²) in [5.74, 6) is 0.338. The van der Waals surface area contributed by atoms with Gasteiger partial charge in [-0.15, -0.1) is 0 Å². The number of phenolic OH excluding ortho intramolecular Hbond substituents is 1. The number of benzene rings is 3. The van der Waals surface area contributed by atoms with Crippen LogP contribution in [0.4, 0.5) is 11.4 Å². The Hall–Kier alpha value is -4.85. The van der Waals surface area contributed by atoms with Gasteiger partial charge < -0.3 is 24.5 Å². The molecule has 2 aromatic heterocycles. The van der Waals surface area contributed by atoms with Gasteiger partial charge in [0.1, 0.15) is 22.8 Å². The molecule has 0 saturated carbocycles. The third kappa shape index (κ3) is 3.83. The lowest BCUT2D eigenvalue weighted by Crippen LogP contribution is -2.29. The summed E-state index contributed by atoms with van der Waals surface area (Å²) in [5.41, 5.74) is 5.03. The van der Waals surface area contributed by atoms with E-state index in [2.05, 4.69) is 23.3 Å². The summed E-state index contributed by atoms with van der Waals surface area (Å²) < 4.78 is 7.39. The van der Waals surface area contributed by atoms with E-state index in [-0.39, 0.29) is 17.6 Å². The zero-order valence-electron chi connectivity index (χ0n) is 20.4. The first-order valence-corrected chi connectivity index (χ1v) is 11.9. The van der Waals surface area contributed by atoms with Crippen molar-refractivity contribution in [2.45, 2.75) is 13.3 Å². The topological polar surface area (TPSA) is 96.2 Å². The largest absolute Gasteiger partial charge is 0.508 e. The number of imidazole rings is 1. The summed E-state index contributed by atoms with van der Waals surface area (Å²) in [5, 5.41) is 14.4. The molecule has 2 N–H and O–H groups in total. The minimum Gasteiger partial charge on any atom is -0.508 e. The molecule has 0 fully saturated rings. The van der Waals surface area contributed by atoms with E-state index >= 15 is 0 Å². The number of ether oxygens (including phenoxy) is 1. The number of hydrogen-bond acceptors (Lipinski definition) is 5. The molecule has 6 rings (SSSR count). The van der Waals surface area contributed by atoms with Crippen LogP contribution >= 0.6 is 0 Å². The van der Waals surface area contributed by atoms with Crippen molar-refractivity contribution >= 4 is 39.6 Å². The van der Waals surface area contributed by atoms with Crippen molar-refractivity contribution in [1.29, 1.82) is 0 Å². The number of pyridine rings is 1. The molecule has 8 nitrogen and oxygen atoms in total. The number of nitrogens with one attached hydrogen (secondary N) is 1. The molecular weight excluding hydrogens is 468 g/mol. The lowest BCUT2D eigenvalue weighted by molar-refractivity contribution is 0.0983. The smallest absolute Gasteiger partial charge is 0.278 e. The zero-order chi connectivity index (χ0) is 25.7. The first-order chi connectivity index (χ1) is 17.9. The Morgan fingerprint density at radius 3 is 2.65 bits per heavy atom. The molecule has 2 amide bonds. The second kappa shape index (κ2) is 8.67. The normalized spacial score (nSPS) is 12.6. The van der Waals surface area contributed by atoms with Gasteiger partial charge in [-0.2, -0.15) is 0 Å². The number of anilines is 2. The number of hydrogen-bond donors (Lipinski definition) is 2. The van der Waals surface area contributed by atoms with Gasteiger partial charge in [-0.25, -0.2) is 4.98 Å². The second-order valence-electron chi connectivity index (χ2n) is 9.09. The summed E-state index contributed by atoms with van der Waals surface area (Å²) in [7, 11) is 1.64. The predicted octanol–water partition coefficient (Wildman–Crippen LogP) is 4.97. The summed E-state index contributed by atoms with van der Waals surface area (Å²) in [6, 6.07) is 17.6. The van der Waals surface area contributed by atoms with Gasteiger partial charge in [0.15, 0.2) is 0 Å². The molecule has 0 aliphatic carbocycles. The molecule has 0 bridgehead atoms. The highest BCUT2D eigenvalue weighted by molar-refractivity contribution is 6.10. The number of carbonyl (C=O) groups excluding carboxylic acids is 2. The molecule has 8 heteroatoms. The van der Waals surface area contributed by atoms with Crippen LogP contribution in [0, 0.1) is 6.92 Å². The van der Waals surface area contributed by atoms with E-state index in [4.69, 9.17) is 4.74 Å². The summed E-state index contributed by atoms with van der Waals surface area (Å²) in [6.45, 7) is 2.64. The lowest BCUT2D eigenvalue weighted by atomic mass is 9.97. The van der Waals surface area contributed by atoms with Crippen molar-refractivity contribution in [1.82, 2.24) is 9.38 Å². The molecule has 0 atom stereocenters. The molecule has 3 heterocycles. The average molecular weight is 493 g/mol. The minimum atomic E-state index is -0.305. The number of aromatic nitrogens is 2. The predicted molar refractivity (Wildman–Crippen MR) is 142 cm³/mol. The molecule has 37 heavy (non-hydrogen) atoms. The summed E-state index contributed by atoms with van der Waals surface area (Å²) in [4.78, 5) is 32.4. The highest BCUT2D eigenvalue weighted by atomic mass is 16.5. The van der Waals surface area contributed by atoms with E-state index in [0.29, 0.717) is 29.1 Å². The van der Waals surface area contributed by atoms with Crippen molar-refractivity contribution in [3.63, 3.8) is 0 Å². The number of phenols is 1. The van der Waals surface area contributed by atoms with Crippen molar-refractivity contribution < 1.29 is 19.4 Å². The van der Waals surface area contributed by atoms with E-state index < -0.39 is 0 Å². The number of methoxy groups -OCH3 is 1. The maximum absolute atomic E-state index is 13.6. The highest BCUT2D eigenvalue weighted by Crippen LogP contribution is 2.41. The number of fused-ring (bicyclic) bond motifs is 4. The molecule has 1 aliphatic heterocycles. The fraction of sp³-hybridized carbons (Fsp3) is 0.138. The van der Waals surface area contributed by atoms with Gasteiger partial charge in [0, 0.05) is 36.0 Å². The number of rotatable bonds is 4. The van der Waals surface area contributed by atoms with Crippen molar-refractivity contribution in [2.75, 3.05) is 23.9 Å². The number of nitrogens with zero attached hydrogens (tertiary/aromatic N) is 3. The minimum absolute atomic E-state index is 0.0935. The number of aryl methyl sites for hydroxylation is 1. The third-order valence-corrected chi connectivity index (χ3v) is 6.82. The van der Waals surface area contributed by atoms with Gasteiger partial charge in [-0.1, -0.05) is 18.2 Å². The van der Waals surface area contributed by atoms with Gasteiger partial charge in [-0.3, -0.25) is 9.59 Å². The first-order valence-electron chi connectivity index (χ1n) is 11.9. The molecule has 3 aromatic carbocycles. The van der Waals surface area contributed by atoms with Gasteiger partial charge in [0.25, 0.3) is 11.8 Å². The van der Waals surface area contributed by atoms with E-state index in [1.165, 1.54) is 12.1 Å². The van der Waals surface area contributed by atoms with E-state index in [9.17, 15) is 14.7 Å². The van der Waals surface area contributed by atoms with Crippen LogP contribution in [0.1, 0.15) is 32.0 Å². The number of carbonyl (C=O) groups is 2. The van der Waals surface area contributed by atoms with Crippen LogP contribution in [0.25, 0.3) is 16.4 Å². The lowest BCUT2D eigenvalue weighted by Gasteiger charge is -2.18. The van der Waals surface area contributed by atoms with Crippen LogP contribution in [0.3, 0.4) is 0 Å². The molecular formula is C29H24N4O4. The highest BCUT2D eigenvalue weighted by Gasteiger charge is 2.30. The molecule has 0 radical (unpaired) electrons. The molecule has 0 saturated heterocycles. The van der Waals surface area contributed by atoms with E-state index in [0.717, 1.165) is 39.8 Å². The number of aromatic hydroxyl groups is 1. The van der Waals surface area contributed by atoms with Gasteiger partial charge >= 0.3 is 0 Å². The second-order valence-corrected chi connectivity index (χ2v) is 9.09. The first kappa shape index (κ1) is 22.6. The van der Waals surface area contributed by atoms with Gasteiger partial charge in [0.05, 0.1) is 18.5 Å². The van der Waals surface area contributed by atoms with E-state index in [1.807, 2.05) is 18.2 Å². The quantitative estimate of drug-likeness (QED) is 0.370. The Bertz CT molecular complexity index is 1710. The molecule has 0 spiro atoms. The monoisotopic (exact) mass is 492 g/mol. The van der Waals surface area contributed by atoms with Crippen LogP contribution < -0.4 is 15.0 Å². The molecule has 184 valence electrons. The third-order valence-electron chi connectivity index (χ3n) is 6.82. The van der Waals surface area contributed by atoms with Crippen LogP contribution in [0.2, 0.25) is 0 Å². The van der Waals surface area contributed by atoms with E-state index in [1.54, 1.807) is 53.1 Å². The van der Waals surface area contributed by atoms with Gasteiger partial charge in [0.2, 0.25) is 0 Å². The summed E-state index contributed by atoms with van der Waals surface area (Å²) >= 11 is 0. The fourth-order valence-corrected chi connectivity index (χ4v) is 5.03. The summed E-state index contributed by atoms with van der Waals surface area (Å²) in [6.07, 6.45) is 4.15. The van der Waals surface area contributed by atoms with Crippen LogP contribution in [0.15, 0.2) is 73.1 Å². The van der Waals surface area contributed by atoms with Crippen LogP contribution in [0.5, 0.6) is 11.5 Å². The molecule has 0 unspecified atom stereocenters. The molecule has 5 aromatic rings. The number of amides is 2.